The zero-order chi connectivity index (χ0) is 40.8. The van der Waals surface area contributed by atoms with Gasteiger partial charge in [-0.1, -0.05) is 59.9 Å². The molecule has 0 aliphatic carbocycles. The number of fused-ring (bicyclic) bond motifs is 2. The zero-order valence-corrected chi connectivity index (χ0v) is 33.9. The number of rotatable bonds is 20. The molecule has 0 fully saturated rings. The van der Waals surface area contributed by atoms with Gasteiger partial charge in [0.05, 0.1) is 39.9 Å². The number of benzene rings is 4. The molecule has 0 radical (unpaired) electrons. The molecule has 0 saturated heterocycles. The molecule has 6 rings (SSSR count). The summed E-state index contributed by atoms with van der Waals surface area (Å²) in [6.45, 7) is 6.29. The number of para-hydroxylation sites is 2. The maximum Gasteiger partial charge on any atom is 0.305 e. The van der Waals surface area contributed by atoms with Gasteiger partial charge in [0, 0.05) is 43.3 Å². The number of thiazole rings is 1. The second-order valence-corrected chi connectivity index (χ2v) is 17.8. The van der Waals surface area contributed by atoms with Crippen LogP contribution in [0.15, 0.2) is 89.7 Å². The van der Waals surface area contributed by atoms with Crippen molar-refractivity contribution in [2.45, 2.75) is 57.6 Å². The third kappa shape index (κ3) is 13.8. The number of aromatic nitrogens is 3. The standard InChI is InChI=1S/C22H28N2O5S2.C20H24FN3O2/c25-19-8-7-18(21-20(19)24-22(26)30-21)9-11-23-12-16-31(27,28)15-4-13-29-14-10-17-5-2-1-3-6-17;1-20(2,10-9-19-23-16-5-3-4-6-17(16)24-19)22-12-18(26)14-8-7-13(25)11-15(14)21/h1-3,5-8,23,25H,4,9-16H2,(H,24,26);3-8,11,18,22,25-26H,9-10,12H2,1-2H3,(H,23,24). The van der Waals surface area contributed by atoms with E-state index in [4.69, 9.17) is 4.74 Å². The molecular weight excluding hydrogens is 770 g/mol. The minimum Gasteiger partial charge on any atom is -0.508 e. The molecule has 7 N–H and O–H groups in total. The molecule has 4 aromatic carbocycles. The van der Waals surface area contributed by atoms with Crippen LogP contribution in [0.1, 0.15) is 55.3 Å². The van der Waals surface area contributed by atoms with E-state index < -0.39 is 21.8 Å². The Morgan fingerprint density at radius 1 is 0.912 bits per heavy atom. The van der Waals surface area contributed by atoms with Crippen molar-refractivity contribution in [3.63, 3.8) is 0 Å². The second-order valence-electron chi connectivity index (χ2n) is 14.5. The van der Waals surface area contributed by atoms with E-state index in [1.165, 1.54) is 17.7 Å². The number of aliphatic hydroxyl groups excluding tert-OH is 1. The summed E-state index contributed by atoms with van der Waals surface area (Å²) in [5, 5.41) is 35.8. The largest absolute Gasteiger partial charge is 0.508 e. The first kappa shape index (κ1) is 43.5. The van der Waals surface area contributed by atoms with E-state index in [0.717, 1.165) is 63.8 Å². The van der Waals surface area contributed by atoms with Gasteiger partial charge in [0.25, 0.3) is 0 Å². The van der Waals surface area contributed by atoms with Crippen LogP contribution in [0.2, 0.25) is 0 Å². The summed E-state index contributed by atoms with van der Waals surface area (Å²) in [5.74, 6) is 0.415. The second kappa shape index (κ2) is 20.7. The third-order valence-corrected chi connectivity index (χ3v) is 12.2. The Balaban J connectivity index is 0.000000221. The Hall–Kier alpha value is -4.64. The monoisotopic (exact) mass is 821 g/mol. The van der Waals surface area contributed by atoms with Gasteiger partial charge in [-0.3, -0.25) is 4.79 Å². The molecule has 12 nitrogen and oxygen atoms in total. The van der Waals surface area contributed by atoms with Crippen LogP contribution in [0.5, 0.6) is 11.5 Å². The number of aromatic hydroxyl groups is 2. The molecule has 15 heteroatoms. The fourth-order valence-corrected chi connectivity index (χ4v) is 8.29. The lowest BCUT2D eigenvalue weighted by molar-refractivity contribution is 0.138. The molecule has 306 valence electrons. The van der Waals surface area contributed by atoms with Crippen LogP contribution in [0.3, 0.4) is 0 Å². The molecule has 1 unspecified atom stereocenters. The minimum atomic E-state index is -3.12. The van der Waals surface area contributed by atoms with E-state index in [2.05, 4.69) is 25.6 Å². The number of aryl methyl sites for hydroxylation is 1. The number of sulfone groups is 1. The number of phenolic OH excluding ortho intramolecular Hbond substituents is 2. The molecule has 0 saturated carbocycles. The van der Waals surface area contributed by atoms with Crippen molar-refractivity contribution in [2.75, 3.05) is 44.4 Å². The van der Waals surface area contributed by atoms with Crippen molar-refractivity contribution in [2.24, 2.45) is 0 Å². The highest BCUT2D eigenvalue weighted by Gasteiger charge is 2.21. The van der Waals surface area contributed by atoms with E-state index >= 15 is 0 Å². The molecule has 1 atom stereocenters. The summed E-state index contributed by atoms with van der Waals surface area (Å²) in [6, 6.07) is 25.1. The molecule has 57 heavy (non-hydrogen) atoms. The average Bonchev–Trinajstić information content (AvgIpc) is 3.80. The lowest BCUT2D eigenvalue weighted by Gasteiger charge is -2.27. The van der Waals surface area contributed by atoms with Crippen LogP contribution in [-0.4, -0.2) is 88.6 Å². The van der Waals surface area contributed by atoms with Crippen molar-refractivity contribution in [1.29, 1.82) is 0 Å². The summed E-state index contributed by atoms with van der Waals surface area (Å²) in [4.78, 5) is 21.9. The van der Waals surface area contributed by atoms with Gasteiger partial charge in [-0.15, -0.1) is 0 Å². The Labute approximate surface area is 336 Å². The number of aliphatic hydroxyl groups is 1. The molecule has 6 aromatic rings. The van der Waals surface area contributed by atoms with Gasteiger partial charge in [-0.05, 0) is 87.5 Å². The molecular formula is C42H52FN5O7S2. The van der Waals surface area contributed by atoms with E-state index in [9.17, 15) is 32.9 Å². The quantitative estimate of drug-likeness (QED) is 0.0455. The summed E-state index contributed by atoms with van der Waals surface area (Å²) in [6.07, 6.45) is 2.54. The van der Waals surface area contributed by atoms with Crippen LogP contribution in [0.25, 0.3) is 21.3 Å². The third-order valence-electron chi connectivity index (χ3n) is 9.46. The SMILES string of the molecule is CC(C)(CCc1nc2ccccc2[nH]1)NCC(O)c1ccc(O)cc1F.O=c1[nH]c2c(O)ccc(CCNCCS(=O)(=O)CCCOCCc3ccccc3)c2s1. The number of nitrogens with one attached hydrogen (secondary N) is 4. The lowest BCUT2D eigenvalue weighted by Crippen LogP contribution is -2.42. The molecule has 0 aliphatic rings. The number of ether oxygens (including phenoxy) is 1. The Morgan fingerprint density at radius 2 is 1.68 bits per heavy atom. The number of imidazole rings is 1. The highest BCUT2D eigenvalue weighted by molar-refractivity contribution is 7.91. The lowest BCUT2D eigenvalue weighted by atomic mass is 9.97. The minimum absolute atomic E-state index is 0.0557. The topological polar surface area (TPSA) is 190 Å². The number of β-amino-alcohol motifs (C(OH)–C–C–N with tert-alkyl or cyclic N) is 1. The molecule has 0 aliphatic heterocycles. The number of halogens is 1. The first-order valence-corrected chi connectivity index (χ1v) is 21.6. The zero-order valence-electron chi connectivity index (χ0n) is 32.3. The summed E-state index contributed by atoms with van der Waals surface area (Å²) in [7, 11) is -3.12. The van der Waals surface area contributed by atoms with Crippen molar-refractivity contribution in [1.82, 2.24) is 25.6 Å². The van der Waals surface area contributed by atoms with Gasteiger partial charge in [0.1, 0.15) is 28.7 Å². The smallest absolute Gasteiger partial charge is 0.305 e. The first-order valence-electron chi connectivity index (χ1n) is 19.0. The molecule has 0 spiro atoms. The van der Waals surface area contributed by atoms with Gasteiger partial charge in [-0.25, -0.2) is 17.8 Å². The van der Waals surface area contributed by atoms with E-state index in [-0.39, 0.29) is 45.5 Å². The maximum atomic E-state index is 13.8. The molecule has 0 amide bonds. The number of phenols is 2. The number of hydrogen-bond donors (Lipinski definition) is 7. The summed E-state index contributed by atoms with van der Waals surface area (Å²) < 4.78 is 44.5. The van der Waals surface area contributed by atoms with Gasteiger partial charge >= 0.3 is 4.87 Å². The summed E-state index contributed by atoms with van der Waals surface area (Å²) in [5.41, 5.74) is 4.49. The van der Waals surface area contributed by atoms with Gasteiger partial charge in [0.2, 0.25) is 0 Å². The Morgan fingerprint density at radius 3 is 2.46 bits per heavy atom. The normalized spacial score (nSPS) is 12.5. The van der Waals surface area contributed by atoms with E-state index in [0.29, 0.717) is 44.7 Å². The fourth-order valence-electron chi connectivity index (χ4n) is 6.18. The maximum absolute atomic E-state index is 13.8. The van der Waals surface area contributed by atoms with Crippen molar-refractivity contribution >= 4 is 42.4 Å². The Bertz CT molecular complexity index is 2310. The number of H-pyrrole nitrogens is 2. The van der Waals surface area contributed by atoms with E-state index in [1.807, 2.05) is 68.4 Å². The predicted octanol–water partition coefficient (Wildman–Crippen LogP) is 5.93. The highest BCUT2D eigenvalue weighted by atomic mass is 32.2. The first-order chi connectivity index (χ1) is 27.3. The van der Waals surface area contributed by atoms with Crippen LogP contribution in [0, 0.1) is 5.82 Å². The number of aromatic amines is 2. The van der Waals surface area contributed by atoms with Gasteiger partial charge < -0.3 is 40.7 Å². The fraction of sp³-hybridized carbons (Fsp3) is 0.381. The summed E-state index contributed by atoms with van der Waals surface area (Å²) >= 11 is 1.07. The van der Waals surface area contributed by atoms with Crippen molar-refractivity contribution in [3.8, 4) is 11.5 Å². The number of hydrogen-bond acceptors (Lipinski definition) is 11. The number of nitrogens with zero attached hydrogens (tertiary/aromatic N) is 1. The average molecular weight is 822 g/mol. The van der Waals surface area contributed by atoms with Crippen LogP contribution in [-0.2, 0) is 33.8 Å². The van der Waals surface area contributed by atoms with Crippen LogP contribution < -0.4 is 15.5 Å². The van der Waals surface area contributed by atoms with Crippen LogP contribution >= 0.6 is 11.3 Å². The molecule has 2 aromatic heterocycles. The van der Waals surface area contributed by atoms with Gasteiger partial charge in [0.15, 0.2) is 9.84 Å². The Kier molecular flexibility index (Phi) is 15.8. The van der Waals surface area contributed by atoms with Crippen molar-refractivity contribution in [3.05, 3.63) is 123 Å². The molecule has 2 heterocycles. The van der Waals surface area contributed by atoms with Gasteiger partial charge in [-0.2, -0.15) is 0 Å². The predicted molar refractivity (Wildman–Crippen MR) is 224 cm³/mol. The van der Waals surface area contributed by atoms with E-state index in [1.54, 1.807) is 12.1 Å². The highest BCUT2D eigenvalue weighted by Crippen LogP contribution is 2.28. The van der Waals surface area contributed by atoms with Crippen molar-refractivity contribution < 1.29 is 32.9 Å². The van der Waals surface area contributed by atoms with Crippen LogP contribution in [0.4, 0.5) is 4.39 Å². The molecule has 0 bridgehead atoms.